The van der Waals surface area contributed by atoms with Gasteiger partial charge >= 0.3 is 0 Å². The topological polar surface area (TPSA) is 69.6 Å². The quantitative estimate of drug-likeness (QED) is 0.822. The Hall–Kier alpha value is -1.89. The van der Waals surface area contributed by atoms with Crippen LogP contribution in [0.2, 0.25) is 5.02 Å². The Morgan fingerprint density at radius 1 is 1.27 bits per heavy atom. The van der Waals surface area contributed by atoms with Gasteiger partial charge in [-0.05, 0) is 37.3 Å². The lowest BCUT2D eigenvalue weighted by molar-refractivity contribution is -0.114. The van der Waals surface area contributed by atoms with Crippen LogP contribution in [0.4, 0.5) is 11.4 Å². The first-order chi connectivity index (χ1) is 10.5. The summed E-state index contributed by atoms with van der Waals surface area (Å²) >= 11 is 3.55. The zero-order valence-electron chi connectivity index (χ0n) is 11.8. The first-order valence-corrected chi connectivity index (χ1v) is 7.90. The molecule has 0 aliphatic rings. The molecule has 2 N–H and O–H groups in total. The molecule has 0 aromatic heterocycles. The number of anilines is 2. The molecule has 2 aromatic carbocycles. The molecule has 0 heterocycles. The number of carbonyl (C=O) groups is 1. The third-order valence-electron chi connectivity index (χ3n) is 2.91. The molecule has 0 radical (unpaired) electrons. The van der Waals surface area contributed by atoms with E-state index < -0.39 is 17.2 Å². The fraction of sp³-hybridized carbons (Fsp3) is 0.133. The van der Waals surface area contributed by atoms with Gasteiger partial charge in [-0.1, -0.05) is 35.4 Å². The van der Waals surface area contributed by atoms with Crippen LogP contribution in [0.15, 0.2) is 48.5 Å². The number of amides is 1. The molecule has 1 atom stereocenters. The van der Waals surface area contributed by atoms with Crippen molar-refractivity contribution >= 4 is 40.1 Å². The van der Waals surface area contributed by atoms with Gasteiger partial charge in [0.1, 0.15) is 6.54 Å². The van der Waals surface area contributed by atoms with E-state index in [-0.39, 0.29) is 6.54 Å². The molecular weight excluding hydrogens is 324 g/mol. The van der Waals surface area contributed by atoms with E-state index in [2.05, 4.69) is 5.32 Å². The SMILES string of the molecule is Cc1ccc(N(CC(=O)Nc2cccc(Cl)c2)S(=O)O)cc1. The number of nitrogens with zero attached hydrogens (tertiary/aromatic N) is 1. The highest BCUT2D eigenvalue weighted by molar-refractivity contribution is 7.80. The minimum atomic E-state index is -2.30. The van der Waals surface area contributed by atoms with Crippen molar-refractivity contribution in [3.8, 4) is 0 Å². The maximum atomic E-state index is 12.0. The third-order valence-corrected chi connectivity index (χ3v) is 3.86. The number of halogens is 1. The minimum Gasteiger partial charge on any atom is -0.324 e. The Morgan fingerprint density at radius 2 is 1.95 bits per heavy atom. The van der Waals surface area contributed by atoms with E-state index >= 15 is 0 Å². The lowest BCUT2D eigenvalue weighted by atomic mass is 10.2. The molecule has 0 bridgehead atoms. The molecule has 0 aliphatic heterocycles. The van der Waals surface area contributed by atoms with Crippen LogP contribution in [0.1, 0.15) is 5.56 Å². The minimum absolute atomic E-state index is 0.251. The first-order valence-electron chi connectivity index (χ1n) is 6.46. The molecule has 2 rings (SSSR count). The van der Waals surface area contributed by atoms with E-state index in [1.807, 2.05) is 19.1 Å². The Labute approximate surface area is 136 Å². The van der Waals surface area contributed by atoms with Crippen molar-refractivity contribution in [1.29, 1.82) is 0 Å². The number of aryl methyl sites for hydroxylation is 1. The predicted octanol–water partition coefficient (Wildman–Crippen LogP) is 3.23. The van der Waals surface area contributed by atoms with Crippen molar-refractivity contribution in [3.05, 3.63) is 59.1 Å². The van der Waals surface area contributed by atoms with Gasteiger partial charge in [0.05, 0.1) is 5.69 Å². The molecule has 22 heavy (non-hydrogen) atoms. The first kappa shape index (κ1) is 16.5. The standard InChI is InChI=1S/C15H15ClN2O3S/c1-11-5-7-14(8-6-11)18(22(20)21)10-15(19)17-13-4-2-3-12(16)9-13/h2-9H,10H2,1H3,(H,17,19)(H,20,21). The van der Waals surface area contributed by atoms with Crippen molar-refractivity contribution in [3.63, 3.8) is 0 Å². The molecule has 0 saturated heterocycles. The van der Waals surface area contributed by atoms with Crippen LogP contribution in [0, 0.1) is 6.92 Å². The van der Waals surface area contributed by atoms with Crippen molar-refractivity contribution in [1.82, 2.24) is 0 Å². The lowest BCUT2D eigenvalue weighted by Crippen LogP contribution is -2.34. The largest absolute Gasteiger partial charge is 0.324 e. The van der Waals surface area contributed by atoms with Crippen molar-refractivity contribution in [2.45, 2.75) is 6.92 Å². The van der Waals surface area contributed by atoms with Crippen LogP contribution in [0.25, 0.3) is 0 Å². The second-order valence-corrected chi connectivity index (χ2v) is 6.00. The van der Waals surface area contributed by atoms with Gasteiger partial charge in [0.2, 0.25) is 5.91 Å². The summed E-state index contributed by atoms with van der Waals surface area (Å²) in [6, 6.07) is 13.7. The molecule has 0 saturated carbocycles. The van der Waals surface area contributed by atoms with Crippen molar-refractivity contribution < 1.29 is 13.6 Å². The molecule has 0 spiro atoms. The number of benzene rings is 2. The van der Waals surface area contributed by atoms with Gasteiger partial charge in [-0.3, -0.25) is 13.7 Å². The number of hydrogen-bond acceptors (Lipinski definition) is 2. The van der Waals surface area contributed by atoms with E-state index in [0.29, 0.717) is 16.4 Å². The molecule has 7 heteroatoms. The van der Waals surface area contributed by atoms with Crippen LogP contribution in [-0.2, 0) is 16.1 Å². The summed E-state index contributed by atoms with van der Waals surface area (Å²) in [5.74, 6) is -0.412. The normalized spacial score (nSPS) is 11.8. The summed E-state index contributed by atoms with van der Waals surface area (Å²) < 4.78 is 22.0. The summed E-state index contributed by atoms with van der Waals surface area (Å²) in [5, 5.41) is 3.14. The van der Waals surface area contributed by atoms with Gasteiger partial charge in [0.25, 0.3) is 11.3 Å². The summed E-state index contributed by atoms with van der Waals surface area (Å²) in [4.78, 5) is 12.0. The maximum Gasteiger partial charge on any atom is 0.262 e. The van der Waals surface area contributed by atoms with Crippen LogP contribution >= 0.6 is 11.6 Å². The highest BCUT2D eigenvalue weighted by atomic mass is 35.5. The summed E-state index contributed by atoms with van der Waals surface area (Å²) in [5.41, 5.74) is 2.05. The third kappa shape index (κ3) is 4.56. The summed E-state index contributed by atoms with van der Waals surface area (Å²) in [6.45, 7) is 1.66. The molecule has 116 valence electrons. The average Bonchev–Trinajstić information content (AvgIpc) is 2.45. The maximum absolute atomic E-state index is 12.0. The monoisotopic (exact) mass is 338 g/mol. The number of nitrogens with one attached hydrogen (secondary N) is 1. The fourth-order valence-corrected chi connectivity index (χ4v) is 2.56. The van der Waals surface area contributed by atoms with Gasteiger partial charge in [0, 0.05) is 10.7 Å². The van der Waals surface area contributed by atoms with Gasteiger partial charge in [-0.25, -0.2) is 4.21 Å². The van der Waals surface area contributed by atoms with Gasteiger partial charge < -0.3 is 5.32 Å². The number of hydrogen-bond donors (Lipinski definition) is 2. The summed E-state index contributed by atoms with van der Waals surface area (Å²) in [7, 11) is 0. The molecule has 1 unspecified atom stereocenters. The number of rotatable bonds is 5. The molecular formula is C15H15ClN2O3S. The molecule has 0 fully saturated rings. The Kier molecular flexibility index (Phi) is 5.54. The highest BCUT2D eigenvalue weighted by Gasteiger charge is 2.16. The van der Waals surface area contributed by atoms with Crippen LogP contribution in [-0.4, -0.2) is 21.2 Å². The van der Waals surface area contributed by atoms with E-state index in [9.17, 15) is 13.6 Å². The second-order valence-electron chi connectivity index (χ2n) is 4.66. The molecule has 0 aliphatic carbocycles. The van der Waals surface area contributed by atoms with Gasteiger partial charge in [0.15, 0.2) is 0 Å². The van der Waals surface area contributed by atoms with Crippen molar-refractivity contribution in [2.24, 2.45) is 0 Å². The van der Waals surface area contributed by atoms with E-state index in [1.165, 1.54) is 0 Å². The predicted molar refractivity (Wildman–Crippen MR) is 89.4 cm³/mol. The lowest BCUT2D eigenvalue weighted by Gasteiger charge is -2.19. The fourth-order valence-electron chi connectivity index (χ4n) is 1.84. The zero-order chi connectivity index (χ0) is 16.1. The molecule has 1 amide bonds. The van der Waals surface area contributed by atoms with E-state index in [4.69, 9.17) is 11.6 Å². The summed E-state index contributed by atoms with van der Waals surface area (Å²) in [6.07, 6.45) is 0. The van der Waals surface area contributed by atoms with Crippen LogP contribution in [0.3, 0.4) is 0 Å². The number of carbonyl (C=O) groups excluding carboxylic acids is 1. The second kappa shape index (κ2) is 7.40. The van der Waals surface area contributed by atoms with Gasteiger partial charge in [-0.2, -0.15) is 0 Å². The Bertz CT molecular complexity index is 691. The molecule has 5 nitrogen and oxygen atoms in total. The van der Waals surface area contributed by atoms with Crippen LogP contribution < -0.4 is 9.62 Å². The average molecular weight is 339 g/mol. The smallest absolute Gasteiger partial charge is 0.262 e. The molecule has 2 aromatic rings. The van der Waals surface area contributed by atoms with Gasteiger partial charge in [-0.15, -0.1) is 0 Å². The van der Waals surface area contributed by atoms with Crippen molar-refractivity contribution in [2.75, 3.05) is 16.2 Å². The Morgan fingerprint density at radius 3 is 2.55 bits per heavy atom. The zero-order valence-corrected chi connectivity index (χ0v) is 13.4. The Balaban J connectivity index is 2.09. The van der Waals surface area contributed by atoms with E-state index in [0.717, 1.165) is 9.87 Å². The van der Waals surface area contributed by atoms with Crippen LogP contribution in [0.5, 0.6) is 0 Å². The van der Waals surface area contributed by atoms with E-state index in [1.54, 1.807) is 36.4 Å². The highest BCUT2D eigenvalue weighted by Crippen LogP contribution is 2.18.